The van der Waals surface area contributed by atoms with E-state index in [0.29, 0.717) is 36.3 Å². The molecule has 6 nitrogen and oxygen atoms in total. The highest BCUT2D eigenvalue weighted by Crippen LogP contribution is 2.26. The Bertz CT molecular complexity index is 1030. The van der Waals surface area contributed by atoms with Crippen LogP contribution in [0.5, 0.6) is 0 Å². The van der Waals surface area contributed by atoms with Gasteiger partial charge in [-0.2, -0.15) is 0 Å². The second kappa shape index (κ2) is 8.98. The van der Waals surface area contributed by atoms with Crippen LogP contribution in [0.4, 0.5) is 0 Å². The van der Waals surface area contributed by atoms with Crippen molar-refractivity contribution >= 4 is 17.5 Å². The van der Waals surface area contributed by atoms with Gasteiger partial charge < -0.3 is 9.32 Å². The highest BCUT2D eigenvalue weighted by atomic mass is 35.5. The lowest BCUT2D eigenvalue weighted by Gasteiger charge is -2.37. The average Bonchev–Trinajstić information content (AvgIpc) is 3.25. The normalized spacial score (nSPS) is 15.9. The summed E-state index contributed by atoms with van der Waals surface area (Å²) < 4.78 is 5.90. The third-order valence-corrected chi connectivity index (χ3v) is 5.92. The first-order valence-corrected chi connectivity index (χ1v) is 10.5. The van der Waals surface area contributed by atoms with Gasteiger partial charge in [0.15, 0.2) is 0 Å². The minimum absolute atomic E-state index is 0.0148. The van der Waals surface area contributed by atoms with Crippen LogP contribution in [0.25, 0.3) is 11.5 Å². The van der Waals surface area contributed by atoms with Crippen molar-refractivity contribution in [3.63, 3.8) is 0 Å². The number of piperazine rings is 1. The van der Waals surface area contributed by atoms with Crippen molar-refractivity contribution in [2.24, 2.45) is 0 Å². The van der Waals surface area contributed by atoms with Crippen molar-refractivity contribution in [1.29, 1.82) is 0 Å². The molecule has 0 saturated carbocycles. The summed E-state index contributed by atoms with van der Waals surface area (Å²) in [6.07, 6.45) is 0.453. The Balaban J connectivity index is 1.35. The van der Waals surface area contributed by atoms with E-state index in [1.165, 1.54) is 0 Å². The smallest absolute Gasteiger partial charge is 0.247 e. The standard InChI is InChI=1S/C23H25ClN4O2/c1-16-6-3-4-7-18(16)15-21(29)28-12-10-27(11-13-28)17(2)22-25-26-23(30-22)19-8-5-9-20(24)14-19/h3-9,14,17H,10-13,15H2,1-2H3. The van der Waals surface area contributed by atoms with Crippen LogP contribution >= 0.6 is 11.6 Å². The zero-order valence-electron chi connectivity index (χ0n) is 17.2. The van der Waals surface area contributed by atoms with E-state index in [0.717, 1.165) is 29.8 Å². The topological polar surface area (TPSA) is 62.5 Å². The molecule has 0 aliphatic carbocycles. The van der Waals surface area contributed by atoms with E-state index in [4.69, 9.17) is 16.0 Å². The zero-order valence-corrected chi connectivity index (χ0v) is 18.0. The SMILES string of the molecule is Cc1ccccc1CC(=O)N1CCN(C(C)c2nnc(-c3cccc(Cl)c3)o2)CC1. The molecule has 1 unspecified atom stereocenters. The number of benzene rings is 2. The maximum Gasteiger partial charge on any atom is 0.247 e. The van der Waals surface area contributed by atoms with Gasteiger partial charge >= 0.3 is 0 Å². The lowest BCUT2D eigenvalue weighted by molar-refractivity contribution is -0.132. The van der Waals surface area contributed by atoms with Gasteiger partial charge in [0.2, 0.25) is 17.7 Å². The monoisotopic (exact) mass is 424 g/mol. The Labute approximate surface area is 181 Å². The molecular weight excluding hydrogens is 400 g/mol. The second-order valence-electron chi connectivity index (χ2n) is 7.65. The fraction of sp³-hybridized carbons (Fsp3) is 0.348. The summed E-state index contributed by atoms with van der Waals surface area (Å²) in [5.41, 5.74) is 3.06. The fourth-order valence-corrected chi connectivity index (χ4v) is 3.93. The molecule has 1 aliphatic heterocycles. The summed E-state index contributed by atoms with van der Waals surface area (Å²) in [7, 11) is 0. The number of carbonyl (C=O) groups excluding carboxylic acids is 1. The molecule has 3 aromatic rings. The Morgan fingerprint density at radius 2 is 1.87 bits per heavy atom. The molecule has 2 aromatic carbocycles. The average molecular weight is 425 g/mol. The van der Waals surface area contributed by atoms with E-state index in [9.17, 15) is 4.79 Å². The molecule has 0 N–H and O–H groups in total. The number of amides is 1. The molecule has 4 rings (SSSR count). The number of aromatic nitrogens is 2. The van der Waals surface area contributed by atoms with E-state index >= 15 is 0 Å². The molecule has 0 spiro atoms. The van der Waals surface area contributed by atoms with Gasteiger partial charge in [-0.25, -0.2) is 0 Å². The van der Waals surface area contributed by atoms with Crippen LogP contribution in [0.2, 0.25) is 5.02 Å². The van der Waals surface area contributed by atoms with Gasteiger partial charge in [-0.3, -0.25) is 9.69 Å². The second-order valence-corrected chi connectivity index (χ2v) is 8.09. The van der Waals surface area contributed by atoms with Crippen molar-refractivity contribution in [2.45, 2.75) is 26.3 Å². The van der Waals surface area contributed by atoms with E-state index in [1.807, 2.05) is 60.4 Å². The fourth-order valence-electron chi connectivity index (χ4n) is 3.74. The Morgan fingerprint density at radius 1 is 1.10 bits per heavy atom. The van der Waals surface area contributed by atoms with Crippen LogP contribution in [0, 0.1) is 6.92 Å². The van der Waals surface area contributed by atoms with E-state index in [1.54, 1.807) is 0 Å². The van der Waals surface area contributed by atoms with Crippen LogP contribution in [0.3, 0.4) is 0 Å². The minimum atomic E-state index is -0.0148. The van der Waals surface area contributed by atoms with Gasteiger partial charge in [0, 0.05) is 36.8 Å². The first-order valence-electron chi connectivity index (χ1n) is 10.2. The number of halogens is 1. The first-order chi connectivity index (χ1) is 14.5. The number of carbonyl (C=O) groups is 1. The molecule has 30 heavy (non-hydrogen) atoms. The molecular formula is C23H25ClN4O2. The molecule has 0 bridgehead atoms. The van der Waals surface area contributed by atoms with Gasteiger partial charge in [-0.15, -0.1) is 10.2 Å². The number of aryl methyl sites for hydroxylation is 1. The molecule has 0 radical (unpaired) electrons. The predicted molar refractivity (Wildman–Crippen MR) is 116 cm³/mol. The molecule has 1 atom stereocenters. The van der Waals surface area contributed by atoms with Crippen LogP contribution in [0.15, 0.2) is 52.9 Å². The largest absolute Gasteiger partial charge is 0.419 e. The Hall–Kier alpha value is -2.70. The number of hydrogen-bond donors (Lipinski definition) is 0. The molecule has 2 heterocycles. The summed E-state index contributed by atoms with van der Waals surface area (Å²) in [5.74, 6) is 1.22. The van der Waals surface area contributed by atoms with Gasteiger partial charge in [-0.1, -0.05) is 41.9 Å². The van der Waals surface area contributed by atoms with E-state index in [-0.39, 0.29) is 11.9 Å². The van der Waals surface area contributed by atoms with E-state index in [2.05, 4.69) is 22.0 Å². The first kappa shape index (κ1) is 20.6. The molecule has 1 fully saturated rings. The van der Waals surface area contributed by atoms with Crippen LogP contribution in [-0.2, 0) is 11.2 Å². The van der Waals surface area contributed by atoms with Crippen LogP contribution < -0.4 is 0 Å². The molecule has 7 heteroatoms. The Kier molecular flexibility index (Phi) is 6.16. The molecule has 1 aromatic heterocycles. The molecule has 156 valence electrons. The highest BCUT2D eigenvalue weighted by molar-refractivity contribution is 6.30. The summed E-state index contributed by atoms with van der Waals surface area (Å²) >= 11 is 6.05. The van der Waals surface area contributed by atoms with Crippen LogP contribution in [0.1, 0.15) is 30.0 Å². The molecule has 1 saturated heterocycles. The van der Waals surface area contributed by atoms with Crippen molar-refractivity contribution in [1.82, 2.24) is 20.0 Å². The third-order valence-electron chi connectivity index (χ3n) is 5.69. The van der Waals surface area contributed by atoms with Gasteiger partial charge in [-0.05, 0) is 43.2 Å². The summed E-state index contributed by atoms with van der Waals surface area (Å²) in [5, 5.41) is 9.04. The van der Waals surface area contributed by atoms with Crippen molar-refractivity contribution < 1.29 is 9.21 Å². The highest BCUT2D eigenvalue weighted by Gasteiger charge is 2.27. The third kappa shape index (κ3) is 4.55. The number of hydrogen-bond acceptors (Lipinski definition) is 5. The minimum Gasteiger partial charge on any atom is -0.419 e. The summed E-state index contributed by atoms with van der Waals surface area (Å²) in [6, 6.07) is 15.4. The van der Waals surface area contributed by atoms with Crippen molar-refractivity contribution in [2.75, 3.05) is 26.2 Å². The predicted octanol–water partition coefficient (Wildman–Crippen LogP) is 4.15. The summed E-state index contributed by atoms with van der Waals surface area (Å²) in [4.78, 5) is 16.9. The molecule has 1 aliphatic rings. The van der Waals surface area contributed by atoms with Crippen LogP contribution in [-0.4, -0.2) is 52.1 Å². The number of rotatable bonds is 5. The number of nitrogens with zero attached hydrogens (tertiary/aromatic N) is 4. The van der Waals surface area contributed by atoms with Crippen molar-refractivity contribution in [3.8, 4) is 11.5 Å². The Morgan fingerprint density at radius 3 is 2.60 bits per heavy atom. The zero-order chi connectivity index (χ0) is 21.1. The quantitative estimate of drug-likeness (QED) is 0.615. The van der Waals surface area contributed by atoms with Gasteiger partial charge in [0.25, 0.3) is 0 Å². The van der Waals surface area contributed by atoms with Crippen molar-refractivity contribution in [3.05, 3.63) is 70.6 Å². The van der Waals surface area contributed by atoms with E-state index < -0.39 is 0 Å². The molecule has 1 amide bonds. The lowest BCUT2D eigenvalue weighted by atomic mass is 10.1. The van der Waals surface area contributed by atoms with Gasteiger partial charge in [0.05, 0.1) is 12.5 Å². The maximum atomic E-state index is 12.7. The lowest BCUT2D eigenvalue weighted by Crippen LogP contribution is -2.49. The van der Waals surface area contributed by atoms with Gasteiger partial charge in [0.1, 0.15) is 0 Å². The maximum absolute atomic E-state index is 12.7. The summed E-state index contributed by atoms with van der Waals surface area (Å²) in [6.45, 7) is 7.05.